The maximum atomic E-state index is 10.6. The maximum absolute atomic E-state index is 10.6. The molecule has 0 spiro atoms. The van der Waals surface area contributed by atoms with Gasteiger partial charge in [-0.3, -0.25) is 5.43 Å². The molecule has 1 aromatic rings. The van der Waals surface area contributed by atoms with E-state index in [1.165, 1.54) is 6.42 Å². The molecular weight excluding hydrogens is 338 g/mol. The number of carbonyl (C=O) groups is 1. The van der Waals surface area contributed by atoms with Crippen LogP contribution in [-0.4, -0.2) is 29.4 Å². The van der Waals surface area contributed by atoms with Crippen LogP contribution < -0.4 is 20.6 Å². The van der Waals surface area contributed by atoms with Crippen molar-refractivity contribution in [2.75, 3.05) is 6.61 Å². The molecular formula is C18H20N3O3S-. The number of carbonyl (C=O) groups excluding carboxylic acids is 1. The summed E-state index contributed by atoms with van der Waals surface area (Å²) in [6.45, 7) is 1.30. The molecule has 0 saturated heterocycles. The smallest absolute Gasteiger partial charge is 0.187 e. The largest absolute Gasteiger partial charge is 0.546 e. The second kappa shape index (κ2) is 7.65. The number of aliphatic carboxylic acids is 1. The van der Waals surface area contributed by atoms with Crippen LogP contribution in [0, 0.1) is 11.8 Å². The molecule has 2 N–H and O–H groups in total. The first-order valence-corrected chi connectivity index (χ1v) is 8.65. The Balaban J connectivity index is 1.58. The molecule has 0 unspecified atom stereocenters. The van der Waals surface area contributed by atoms with Gasteiger partial charge < -0.3 is 20.0 Å². The Morgan fingerprint density at radius 3 is 2.84 bits per heavy atom. The molecule has 0 aliphatic heterocycles. The molecule has 0 amide bonds. The summed E-state index contributed by atoms with van der Waals surface area (Å²) >= 11 is 5.32. The summed E-state index contributed by atoms with van der Waals surface area (Å²) in [6.07, 6.45) is 6.84. The Bertz CT molecular complexity index is 732. The zero-order chi connectivity index (χ0) is 17.8. The van der Waals surface area contributed by atoms with Crippen molar-refractivity contribution in [3.63, 3.8) is 0 Å². The van der Waals surface area contributed by atoms with Crippen molar-refractivity contribution in [1.82, 2.24) is 10.7 Å². The number of fused-ring (bicyclic) bond motifs is 2. The molecule has 1 fully saturated rings. The molecule has 132 valence electrons. The van der Waals surface area contributed by atoms with E-state index >= 15 is 0 Å². The first-order chi connectivity index (χ1) is 12.0. The van der Waals surface area contributed by atoms with Gasteiger partial charge in [0.05, 0.1) is 11.7 Å². The number of para-hydroxylation sites is 1. The number of hydrogen-bond donors (Lipinski definition) is 2. The Labute approximate surface area is 152 Å². The van der Waals surface area contributed by atoms with Crippen molar-refractivity contribution in [3.05, 3.63) is 42.0 Å². The van der Waals surface area contributed by atoms with E-state index in [9.17, 15) is 9.90 Å². The van der Waals surface area contributed by atoms with Crippen molar-refractivity contribution >= 4 is 29.0 Å². The van der Waals surface area contributed by atoms with E-state index in [-0.39, 0.29) is 0 Å². The van der Waals surface area contributed by atoms with Gasteiger partial charge in [-0.15, -0.1) is 0 Å². The third-order valence-electron chi connectivity index (χ3n) is 4.54. The molecule has 0 radical (unpaired) electrons. The van der Waals surface area contributed by atoms with Crippen LogP contribution in [0.3, 0.4) is 0 Å². The minimum Gasteiger partial charge on any atom is -0.546 e. The number of thiocarbonyl (C=S) groups is 1. The number of hydrogen-bond acceptors (Lipinski definition) is 5. The van der Waals surface area contributed by atoms with Gasteiger partial charge in [0.1, 0.15) is 12.4 Å². The number of rotatable bonds is 6. The average Bonchev–Trinajstić information content (AvgIpc) is 3.21. The monoisotopic (exact) mass is 358 g/mol. The molecule has 3 atom stereocenters. The zero-order valence-electron chi connectivity index (χ0n) is 13.9. The van der Waals surface area contributed by atoms with Crippen molar-refractivity contribution in [2.45, 2.75) is 25.8 Å². The Morgan fingerprint density at radius 2 is 2.16 bits per heavy atom. The summed E-state index contributed by atoms with van der Waals surface area (Å²) in [7, 11) is 0. The summed E-state index contributed by atoms with van der Waals surface area (Å²) in [5, 5.41) is 18.7. The predicted molar refractivity (Wildman–Crippen MR) is 97.2 cm³/mol. The summed E-state index contributed by atoms with van der Waals surface area (Å²) in [6, 6.07) is 7.46. The van der Waals surface area contributed by atoms with Gasteiger partial charge in [0, 0.05) is 11.6 Å². The fourth-order valence-corrected chi connectivity index (χ4v) is 3.57. The van der Waals surface area contributed by atoms with Crippen LogP contribution >= 0.6 is 12.2 Å². The highest BCUT2D eigenvalue weighted by Crippen LogP contribution is 2.38. The Morgan fingerprint density at radius 1 is 1.36 bits per heavy atom. The summed E-state index contributed by atoms with van der Waals surface area (Å²) in [4.78, 5) is 10.6. The zero-order valence-corrected chi connectivity index (χ0v) is 14.7. The van der Waals surface area contributed by atoms with Crippen LogP contribution in [0.1, 0.15) is 25.3 Å². The number of nitrogens with one attached hydrogen (secondary N) is 2. The van der Waals surface area contributed by atoms with E-state index in [2.05, 4.69) is 28.0 Å². The minimum absolute atomic E-state index is 0.365. The number of carboxylic acid groups (broad SMARTS) is 1. The van der Waals surface area contributed by atoms with Crippen LogP contribution in [0.25, 0.3) is 0 Å². The van der Waals surface area contributed by atoms with Crippen LogP contribution in [-0.2, 0) is 4.79 Å². The third-order valence-corrected chi connectivity index (χ3v) is 4.75. The quantitative estimate of drug-likeness (QED) is 0.341. The highest BCUT2D eigenvalue weighted by molar-refractivity contribution is 7.80. The first kappa shape index (κ1) is 17.4. The van der Waals surface area contributed by atoms with Gasteiger partial charge in [-0.05, 0) is 56.0 Å². The fourth-order valence-electron chi connectivity index (χ4n) is 3.37. The maximum Gasteiger partial charge on any atom is 0.187 e. The first-order valence-electron chi connectivity index (χ1n) is 8.24. The van der Waals surface area contributed by atoms with Crippen molar-refractivity contribution in [3.8, 4) is 5.75 Å². The molecule has 2 bridgehead atoms. The highest BCUT2D eigenvalue weighted by atomic mass is 32.1. The predicted octanol–water partition coefficient (Wildman–Crippen LogP) is 0.968. The van der Waals surface area contributed by atoms with Crippen molar-refractivity contribution in [1.29, 1.82) is 0 Å². The van der Waals surface area contributed by atoms with Gasteiger partial charge in [-0.25, -0.2) is 0 Å². The lowest BCUT2D eigenvalue weighted by Gasteiger charge is -2.21. The van der Waals surface area contributed by atoms with E-state index in [1.807, 2.05) is 12.1 Å². The number of carboxylic acids is 1. The van der Waals surface area contributed by atoms with Gasteiger partial charge in [0.2, 0.25) is 0 Å². The van der Waals surface area contributed by atoms with E-state index in [0.717, 1.165) is 6.42 Å². The molecule has 0 aromatic heterocycles. The van der Waals surface area contributed by atoms with E-state index < -0.39 is 12.6 Å². The number of allylic oxidation sites excluding steroid dienone is 1. The number of ether oxygens (including phenoxy) is 1. The molecule has 6 nitrogen and oxygen atoms in total. The van der Waals surface area contributed by atoms with Gasteiger partial charge in [-0.1, -0.05) is 24.3 Å². The van der Waals surface area contributed by atoms with E-state index in [4.69, 9.17) is 17.0 Å². The molecule has 7 heteroatoms. The van der Waals surface area contributed by atoms with Crippen LogP contribution in [0.2, 0.25) is 0 Å². The third kappa shape index (κ3) is 4.36. The average molecular weight is 358 g/mol. The second-order valence-electron chi connectivity index (χ2n) is 6.33. The molecule has 1 saturated carbocycles. The summed E-state index contributed by atoms with van der Waals surface area (Å²) in [5.74, 6) is 0.386. The highest BCUT2D eigenvalue weighted by Gasteiger charge is 2.35. The fraction of sp³-hybridized carbons (Fsp3) is 0.389. The Hall–Kier alpha value is -2.41. The van der Waals surface area contributed by atoms with Crippen LogP contribution in [0.15, 0.2) is 41.5 Å². The summed E-state index contributed by atoms with van der Waals surface area (Å²) in [5.41, 5.74) is 4.20. The van der Waals surface area contributed by atoms with Crippen molar-refractivity contribution in [2.24, 2.45) is 16.9 Å². The molecule has 3 rings (SSSR count). The minimum atomic E-state index is -1.27. The molecule has 1 aromatic carbocycles. The number of nitrogens with zero attached hydrogens (tertiary/aromatic N) is 1. The van der Waals surface area contributed by atoms with Crippen LogP contribution in [0.4, 0.5) is 0 Å². The molecule has 25 heavy (non-hydrogen) atoms. The Kier molecular flexibility index (Phi) is 5.33. The van der Waals surface area contributed by atoms with Gasteiger partial charge in [0.25, 0.3) is 0 Å². The number of benzene rings is 1. The second-order valence-corrected chi connectivity index (χ2v) is 6.73. The molecule has 2 aliphatic rings. The normalized spacial score (nSPS) is 24.2. The number of hydrazone groups is 1. The SMILES string of the molecule is C/C(=N/NC(=S)N[C@@H]1C[C@@H]2C=C[C@H]1C2)c1ccccc1OCC(=O)[O-]. The van der Waals surface area contributed by atoms with Gasteiger partial charge >= 0.3 is 0 Å². The lowest BCUT2D eigenvalue weighted by molar-refractivity contribution is -0.307. The van der Waals surface area contributed by atoms with Crippen molar-refractivity contribution < 1.29 is 14.6 Å². The van der Waals surface area contributed by atoms with E-state index in [1.54, 1.807) is 19.1 Å². The lowest BCUT2D eigenvalue weighted by atomic mass is 10.0. The summed E-state index contributed by atoms with van der Waals surface area (Å²) < 4.78 is 5.24. The molecule has 0 heterocycles. The van der Waals surface area contributed by atoms with Gasteiger partial charge in [-0.2, -0.15) is 5.10 Å². The van der Waals surface area contributed by atoms with Gasteiger partial charge in [0.15, 0.2) is 5.11 Å². The standard InChI is InChI=1S/C18H21N3O3S/c1-11(14-4-2-3-5-16(14)24-10-17(22)23)20-21-18(25)19-15-9-12-6-7-13(15)8-12/h2-7,12-13,15H,8-10H2,1H3,(H,22,23)(H2,19,21,25)/p-1/b20-11-/t12-,13+,15-/m1/s1. The molecule has 2 aliphatic carbocycles. The van der Waals surface area contributed by atoms with E-state index in [0.29, 0.717) is 40.0 Å². The topological polar surface area (TPSA) is 85.8 Å². The van der Waals surface area contributed by atoms with Crippen LogP contribution in [0.5, 0.6) is 5.75 Å². The lowest BCUT2D eigenvalue weighted by Crippen LogP contribution is -2.42.